The first kappa shape index (κ1) is 14.3. The van der Waals surface area contributed by atoms with E-state index in [1.165, 1.54) is 13.3 Å². The van der Waals surface area contributed by atoms with Crippen molar-refractivity contribution in [1.29, 1.82) is 0 Å². The molecule has 0 aliphatic rings. The Kier molecular flexibility index (Phi) is 5.27. The Bertz CT molecular complexity index is 429. The van der Waals surface area contributed by atoms with E-state index >= 15 is 0 Å². The lowest BCUT2D eigenvalue weighted by Gasteiger charge is -2.11. The number of ether oxygens (including phenoxy) is 1. The summed E-state index contributed by atoms with van der Waals surface area (Å²) in [4.78, 5) is 14.7. The molecule has 0 aromatic carbocycles. The molecule has 1 aromatic rings. The lowest BCUT2D eigenvalue weighted by atomic mass is 10.1. The molecule has 3 nitrogen and oxygen atoms in total. The molecule has 0 unspecified atom stereocenters. The molecule has 1 heterocycles. The smallest absolute Gasteiger partial charge is 0.310 e. The van der Waals surface area contributed by atoms with Gasteiger partial charge in [-0.15, -0.1) is 11.6 Å². The van der Waals surface area contributed by atoms with Gasteiger partial charge in [0.2, 0.25) is 0 Å². The van der Waals surface area contributed by atoms with E-state index in [4.69, 9.17) is 11.6 Å². The van der Waals surface area contributed by atoms with Crippen LogP contribution in [0, 0.1) is 0 Å². The Hall–Kier alpha value is -0.750. The maximum absolute atomic E-state index is 12.6. The summed E-state index contributed by atoms with van der Waals surface area (Å²) in [5.41, 5.74) is 0.292. The number of carbonyl (C=O) groups excluding carboxylic acids is 1. The van der Waals surface area contributed by atoms with Gasteiger partial charge in [0.05, 0.1) is 19.4 Å². The molecule has 0 bridgehead atoms. The van der Waals surface area contributed by atoms with Crippen molar-refractivity contribution >= 4 is 33.5 Å². The predicted molar refractivity (Wildman–Crippen MR) is 62.2 cm³/mol. The summed E-state index contributed by atoms with van der Waals surface area (Å²) in [5, 5.41) is 0. The Morgan fingerprint density at radius 2 is 2.29 bits per heavy atom. The number of rotatable bonds is 4. The van der Waals surface area contributed by atoms with Gasteiger partial charge in [0.1, 0.15) is 5.69 Å². The van der Waals surface area contributed by atoms with Gasteiger partial charge < -0.3 is 4.74 Å². The van der Waals surface area contributed by atoms with Crippen LogP contribution in [0.5, 0.6) is 0 Å². The largest absolute Gasteiger partial charge is 0.469 e. The maximum Gasteiger partial charge on any atom is 0.310 e. The number of carbonyl (C=O) groups is 1. The molecule has 0 radical (unpaired) electrons. The molecule has 0 atom stereocenters. The standard InChI is InChI=1S/C10H9BrClF2NO2/c1-17-7(16)2-5-4-15-9(10(13)14)6(3-12)8(5)11/h4,10H,2-3H2,1H3. The number of halogens is 4. The fourth-order valence-corrected chi connectivity index (χ4v) is 2.27. The van der Waals surface area contributed by atoms with Gasteiger partial charge in [-0.2, -0.15) is 0 Å². The van der Waals surface area contributed by atoms with E-state index < -0.39 is 12.4 Å². The second kappa shape index (κ2) is 6.26. The van der Waals surface area contributed by atoms with Gasteiger partial charge in [-0.05, 0) is 5.56 Å². The molecule has 0 spiro atoms. The third kappa shape index (κ3) is 3.35. The third-order valence-electron chi connectivity index (χ3n) is 2.12. The van der Waals surface area contributed by atoms with Crippen molar-refractivity contribution in [3.05, 3.63) is 27.5 Å². The molecule has 0 N–H and O–H groups in total. The molecule has 17 heavy (non-hydrogen) atoms. The van der Waals surface area contributed by atoms with Crippen LogP contribution >= 0.6 is 27.5 Å². The summed E-state index contributed by atoms with van der Waals surface area (Å²) < 4.78 is 30.1. The average molecular weight is 329 g/mol. The highest BCUT2D eigenvalue weighted by molar-refractivity contribution is 9.10. The van der Waals surface area contributed by atoms with Crippen LogP contribution < -0.4 is 0 Å². The van der Waals surface area contributed by atoms with Crippen LogP contribution in [0.15, 0.2) is 10.7 Å². The molecule has 0 aliphatic heterocycles. The van der Waals surface area contributed by atoms with Crippen LogP contribution in [-0.2, 0) is 21.8 Å². The topological polar surface area (TPSA) is 39.2 Å². The molecule has 0 saturated heterocycles. The van der Waals surface area contributed by atoms with Crippen molar-refractivity contribution in [2.45, 2.75) is 18.7 Å². The highest BCUT2D eigenvalue weighted by Gasteiger charge is 2.20. The predicted octanol–water partition coefficient (Wildman–Crippen LogP) is 3.24. The van der Waals surface area contributed by atoms with E-state index in [9.17, 15) is 13.6 Å². The van der Waals surface area contributed by atoms with E-state index in [1.54, 1.807) is 0 Å². The van der Waals surface area contributed by atoms with Crippen LogP contribution in [-0.4, -0.2) is 18.1 Å². The molecule has 7 heteroatoms. The van der Waals surface area contributed by atoms with Crippen molar-refractivity contribution in [3.63, 3.8) is 0 Å². The second-order valence-corrected chi connectivity index (χ2v) is 4.21. The van der Waals surface area contributed by atoms with E-state index in [0.29, 0.717) is 10.0 Å². The summed E-state index contributed by atoms with van der Waals surface area (Å²) in [7, 11) is 1.25. The lowest BCUT2D eigenvalue weighted by Crippen LogP contribution is -2.08. The first-order chi connectivity index (χ1) is 8.01. The summed E-state index contributed by atoms with van der Waals surface area (Å²) in [5.74, 6) is -0.583. The summed E-state index contributed by atoms with van der Waals surface area (Å²) in [6, 6.07) is 0. The van der Waals surface area contributed by atoms with Crippen LogP contribution in [0.3, 0.4) is 0 Å². The number of nitrogens with zero attached hydrogens (tertiary/aromatic N) is 1. The fraction of sp³-hybridized carbons (Fsp3) is 0.400. The minimum atomic E-state index is -2.70. The van der Waals surface area contributed by atoms with Crippen molar-refractivity contribution in [3.8, 4) is 0 Å². The number of hydrogen-bond acceptors (Lipinski definition) is 3. The van der Waals surface area contributed by atoms with Crippen molar-refractivity contribution in [2.75, 3.05) is 7.11 Å². The minimum Gasteiger partial charge on any atom is -0.469 e. The van der Waals surface area contributed by atoms with Gasteiger partial charge >= 0.3 is 5.97 Å². The number of hydrogen-bond donors (Lipinski definition) is 0. The van der Waals surface area contributed by atoms with Crippen LogP contribution in [0.1, 0.15) is 23.2 Å². The van der Waals surface area contributed by atoms with E-state index in [2.05, 4.69) is 25.7 Å². The Balaban J connectivity index is 3.15. The molecular weight excluding hydrogens is 319 g/mol. The zero-order valence-electron chi connectivity index (χ0n) is 8.84. The van der Waals surface area contributed by atoms with Crippen molar-refractivity contribution < 1.29 is 18.3 Å². The van der Waals surface area contributed by atoms with Gasteiger partial charge in [-0.3, -0.25) is 9.78 Å². The van der Waals surface area contributed by atoms with Gasteiger partial charge in [-0.1, -0.05) is 15.9 Å². The quantitative estimate of drug-likeness (QED) is 0.629. The molecule has 0 saturated carbocycles. The second-order valence-electron chi connectivity index (χ2n) is 3.15. The summed E-state index contributed by atoms with van der Waals surface area (Å²) in [6.45, 7) is 0. The van der Waals surface area contributed by atoms with Crippen LogP contribution in [0.2, 0.25) is 0 Å². The minimum absolute atomic E-state index is 0.0442. The number of pyridine rings is 1. The molecule has 1 aromatic heterocycles. The Morgan fingerprint density at radius 3 is 2.76 bits per heavy atom. The van der Waals surface area contributed by atoms with Crippen molar-refractivity contribution in [1.82, 2.24) is 4.98 Å². The summed E-state index contributed by atoms with van der Waals surface area (Å²) >= 11 is 8.76. The van der Waals surface area contributed by atoms with E-state index in [1.807, 2.05) is 0 Å². The normalized spacial score (nSPS) is 10.7. The monoisotopic (exact) mass is 327 g/mol. The van der Waals surface area contributed by atoms with Crippen LogP contribution in [0.4, 0.5) is 8.78 Å². The third-order valence-corrected chi connectivity index (χ3v) is 3.37. The Morgan fingerprint density at radius 1 is 1.65 bits per heavy atom. The maximum atomic E-state index is 12.6. The van der Waals surface area contributed by atoms with Gasteiger partial charge in [-0.25, -0.2) is 8.78 Å². The van der Waals surface area contributed by atoms with Crippen LogP contribution in [0.25, 0.3) is 0 Å². The molecule has 0 amide bonds. The highest BCUT2D eigenvalue weighted by Crippen LogP contribution is 2.30. The van der Waals surface area contributed by atoms with E-state index in [0.717, 1.165) is 0 Å². The first-order valence-electron chi connectivity index (χ1n) is 4.58. The average Bonchev–Trinajstić information content (AvgIpc) is 2.30. The molecule has 0 fully saturated rings. The zero-order chi connectivity index (χ0) is 13.0. The van der Waals surface area contributed by atoms with Gasteiger partial charge in [0.15, 0.2) is 0 Å². The zero-order valence-corrected chi connectivity index (χ0v) is 11.2. The fourth-order valence-electron chi connectivity index (χ4n) is 1.25. The van der Waals surface area contributed by atoms with E-state index in [-0.39, 0.29) is 23.6 Å². The molecule has 94 valence electrons. The van der Waals surface area contributed by atoms with Gasteiger partial charge in [0, 0.05) is 16.2 Å². The van der Waals surface area contributed by atoms with Crippen molar-refractivity contribution in [2.24, 2.45) is 0 Å². The van der Waals surface area contributed by atoms with Gasteiger partial charge in [0.25, 0.3) is 6.43 Å². The first-order valence-corrected chi connectivity index (χ1v) is 5.91. The SMILES string of the molecule is COC(=O)Cc1cnc(C(F)F)c(CCl)c1Br. The molecular formula is C10H9BrClF2NO2. The Labute approximate surface area is 110 Å². The number of aromatic nitrogens is 1. The summed E-state index contributed by atoms with van der Waals surface area (Å²) in [6.07, 6.45) is -1.53. The number of methoxy groups -OCH3 is 1. The highest BCUT2D eigenvalue weighted by atomic mass is 79.9. The number of esters is 1. The molecule has 0 aliphatic carbocycles. The number of alkyl halides is 3. The lowest BCUT2D eigenvalue weighted by molar-refractivity contribution is -0.139. The molecule has 1 rings (SSSR count).